The lowest BCUT2D eigenvalue weighted by Crippen LogP contribution is -2.29. The second-order valence-corrected chi connectivity index (χ2v) is 5.26. The molecule has 1 aromatic carbocycles. The van der Waals surface area contributed by atoms with Gasteiger partial charge in [-0.3, -0.25) is 0 Å². The van der Waals surface area contributed by atoms with Gasteiger partial charge >= 0.3 is 0 Å². The third-order valence-electron chi connectivity index (χ3n) is 3.91. The fourth-order valence-corrected chi connectivity index (χ4v) is 2.71. The summed E-state index contributed by atoms with van der Waals surface area (Å²) in [7, 11) is 0. The van der Waals surface area contributed by atoms with Crippen LogP contribution in [0.2, 0.25) is 0 Å². The van der Waals surface area contributed by atoms with Gasteiger partial charge in [-0.05, 0) is 25.0 Å². The highest BCUT2D eigenvalue weighted by molar-refractivity contribution is 5.46. The SMILES string of the molecule is N#CC1(COc2ccc3c(c2)OCO3)CCCCC1. The van der Waals surface area contributed by atoms with E-state index in [1.807, 2.05) is 18.2 Å². The minimum Gasteiger partial charge on any atom is -0.492 e. The molecule has 0 bridgehead atoms. The molecule has 0 saturated heterocycles. The molecule has 1 saturated carbocycles. The molecule has 100 valence electrons. The van der Waals surface area contributed by atoms with E-state index in [4.69, 9.17) is 14.2 Å². The molecule has 0 aromatic heterocycles. The maximum atomic E-state index is 9.40. The van der Waals surface area contributed by atoms with Crippen molar-refractivity contribution in [3.63, 3.8) is 0 Å². The van der Waals surface area contributed by atoms with Gasteiger partial charge in [0.15, 0.2) is 11.5 Å². The highest BCUT2D eigenvalue weighted by Crippen LogP contribution is 2.38. The normalized spacial score (nSPS) is 19.7. The van der Waals surface area contributed by atoms with Gasteiger partial charge in [-0.15, -0.1) is 0 Å². The molecule has 1 aliphatic heterocycles. The van der Waals surface area contributed by atoms with Crippen LogP contribution in [0, 0.1) is 16.7 Å². The lowest BCUT2D eigenvalue weighted by Gasteiger charge is -2.30. The largest absolute Gasteiger partial charge is 0.492 e. The van der Waals surface area contributed by atoms with Gasteiger partial charge in [0, 0.05) is 6.07 Å². The van der Waals surface area contributed by atoms with E-state index < -0.39 is 0 Å². The highest BCUT2D eigenvalue weighted by atomic mass is 16.7. The van der Waals surface area contributed by atoms with E-state index in [-0.39, 0.29) is 12.2 Å². The van der Waals surface area contributed by atoms with Crippen LogP contribution in [0.25, 0.3) is 0 Å². The van der Waals surface area contributed by atoms with Crippen LogP contribution in [0.15, 0.2) is 18.2 Å². The van der Waals surface area contributed by atoms with Crippen LogP contribution in [-0.2, 0) is 0 Å². The van der Waals surface area contributed by atoms with Crippen molar-refractivity contribution in [2.75, 3.05) is 13.4 Å². The van der Waals surface area contributed by atoms with Crippen LogP contribution in [-0.4, -0.2) is 13.4 Å². The molecule has 0 radical (unpaired) electrons. The predicted octanol–water partition coefficient (Wildman–Crippen LogP) is 3.27. The number of nitrogens with zero attached hydrogens (tertiary/aromatic N) is 1. The molecule has 0 spiro atoms. The Balaban J connectivity index is 1.67. The second kappa shape index (κ2) is 5.00. The standard InChI is InChI=1S/C15H17NO3/c16-9-15(6-2-1-3-7-15)10-17-12-4-5-13-14(8-12)19-11-18-13/h4-5,8H,1-3,6-7,10-11H2. The Morgan fingerprint density at radius 1 is 1.16 bits per heavy atom. The number of benzene rings is 1. The molecule has 0 amide bonds. The molecule has 1 fully saturated rings. The zero-order valence-electron chi connectivity index (χ0n) is 10.9. The summed E-state index contributed by atoms with van der Waals surface area (Å²) in [6.07, 6.45) is 5.35. The zero-order valence-corrected chi connectivity index (χ0v) is 10.9. The molecule has 1 aromatic rings. The minimum absolute atomic E-state index is 0.265. The van der Waals surface area contributed by atoms with E-state index in [9.17, 15) is 5.26 Å². The van der Waals surface area contributed by atoms with Gasteiger partial charge in [0.05, 0.1) is 11.5 Å². The Kier molecular flexibility index (Phi) is 3.20. The Labute approximate surface area is 112 Å². The van der Waals surface area contributed by atoms with Crippen molar-refractivity contribution >= 4 is 0 Å². The fraction of sp³-hybridized carbons (Fsp3) is 0.533. The highest BCUT2D eigenvalue weighted by Gasteiger charge is 2.33. The summed E-state index contributed by atoms with van der Waals surface area (Å²) in [5, 5.41) is 9.40. The maximum Gasteiger partial charge on any atom is 0.231 e. The smallest absolute Gasteiger partial charge is 0.231 e. The third kappa shape index (κ3) is 2.46. The lowest BCUT2D eigenvalue weighted by molar-refractivity contribution is 0.150. The molecule has 4 heteroatoms. The molecule has 2 aliphatic rings. The average molecular weight is 259 g/mol. The van der Waals surface area contributed by atoms with Gasteiger partial charge in [-0.2, -0.15) is 5.26 Å². The van der Waals surface area contributed by atoms with Crippen LogP contribution in [0.4, 0.5) is 0 Å². The summed E-state index contributed by atoms with van der Waals surface area (Å²) in [5.74, 6) is 2.21. The quantitative estimate of drug-likeness (QED) is 0.836. The van der Waals surface area contributed by atoms with Gasteiger partial charge in [-0.1, -0.05) is 19.3 Å². The summed E-state index contributed by atoms with van der Waals surface area (Å²) in [6, 6.07) is 8.00. The van der Waals surface area contributed by atoms with E-state index in [2.05, 4.69) is 6.07 Å². The summed E-state index contributed by atoms with van der Waals surface area (Å²) in [4.78, 5) is 0. The number of hydrogen-bond donors (Lipinski definition) is 0. The van der Waals surface area contributed by atoms with Crippen molar-refractivity contribution in [1.29, 1.82) is 5.26 Å². The van der Waals surface area contributed by atoms with Crippen LogP contribution in [0.3, 0.4) is 0 Å². The minimum atomic E-state index is -0.311. The number of ether oxygens (including phenoxy) is 3. The number of nitriles is 1. The van der Waals surface area contributed by atoms with Gasteiger partial charge in [-0.25, -0.2) is 0 Å². The molecule has 0 atom stereocenters. The summed E-state index contributed by atoms with van der Waals surface area (Å²) in [6.45, 7) is 0.726. The molecule has 3 rings (SSSR count). The van der Waals surface area contributed by atoms with Crippen molar-refractivity contribution < 1.29 is 14.2 Å². The summed E-state index contributed by atoms with van der Waals surface area (Å²) >= 11 is 0. The monoisotopic (exact) mass is 259 g/mol. The van der Waals surface area contributed by atoms with Gasteiger partial charge < -0.3 is 14.2 Å². The first-order valence-corrected chi connectivity index (χ1v) is 6.75. The van der Waals surface area contributed by atoms with Gasteiger partial charge in [0.2, 0.25) is 6.79 Å². The lowest BCUT2D eigenvalue weighted by atomic mass is 9.76. The van der Waals surface area contributed by atoms with Crippen molar-refractivity contribution in [1.82, 2.24) is 0 Å². The number of rotatable bonds is 3. The molecular weight excluding hydrogens is 242 g/mol. The van der Waals surface area contributed by atoms with Crippen molar-refractivity contribution in [3.8, 4) is 23.3 Å². The maximum absolute atomic E-state index is 9.40. The Morgan fingerprint density at radius 2 is 1.95 bits per heavy atom. The van der Waals surface area contributed by atoms with Crippen LogP contribution >= 0.6 is 0 Å². The molecule has 4 nitrogen and oxygen atoms in total. The molecule has 0 N–H and O–H groups in total. The summed E-state index contributed by atoms with van der Waals surface area (Å²) in [5.41, 5.74) is -0.311. The Morgan fingerprint density at radius 3 is 2.74 bits per heavy atom. The predicted molar refractivity (Wildman–Crippen MR) is 69.2 cm³/mol. The molecule has 19 heavy (non-hydrogen) atoms. The van der Waals surface area contributed by atoms with Crippen LogP contribution in [0.1, 0.15) is 32.1 Å². The average Bonchev–Trinajstić information content (AvgIpc) is 2.93. The Hall–Kier alpha value is -1.89. The Bertz CT molecular complexity index is 501. The van der Waals surface area contributed by atoms with E-state index in [0.717, 1.165) is 37.2 Å². The fourth-order valence-electron chi connectivity index (χ4n) is 2.71. The van der Waals surface area contributed by atoms with Crippen LogP contribution < -0.4 is 14.2 Å². The second-order valence-electron chi connectivity index (χ2n) is 5.26. The topological polar surface area (TPSA) is 51.5 Å². The molecular formula is C15H17NO3. The zero-order chi connectivity index (χ0) is 13.1. The van der Waals surface area contributed by atoms with E-state index in [1.165, 1.54) is 6.42 Å². The molecule has 1 aliphatic carbocycles. The molecule has 1 heterocycles. The molecule has 0 unspecified atom stereocenters. The summed E-state index contributed by atoms with van der Waals surface area (Å²) < 4.78 is 16.4. The van der Waals surface area contributed by atoms with E-state index in [0.29, 0.717) is 12.4 Å². The van der Waals surface area contributed by atoms with Crippen molar-refractivity contribution in [3.05, 3.63) is 18.2 Å². The first-order valence-electron chi connectivity index (χ1n) is 6.75. The number of hydrogen-bond acceptors (Lipinski definition) is 4. The van der Waals surface area contributed by atoms with Crippen molar-refractivity contribution in [2.24, 2.45) is 5.41 Å². The van der Waals surface area contributed by atoms with Gasteiger partial charge in [0.25, 0.3) is 0 Å². The van der Waals surface area contributed by atoms with Crippen molar-refractivity contribution in [2.45, 2.75) is 32.1 Å². The van der Waals surface area contributed by atoms with E-state index in [1.54, 1.807) is 0 Å². The van der Waals surface area contributed by atoms with Crippen LogP contribution in [0.5, 0.6) is 17.2 Å². The van der Waals surface area contributed by atoms with E-state index >= 15 is 0 Å². The first-order chi connectivity index (χ1) is 9.31. The number of fused-ring (bicyclic) bond motifs is 1. The van der Waals surface area contributed by atoms with Gasteiger partial charge in [0.1, 0.15) is 12.4 Å². The third-order valence-corrected chi connectivity index (χ3v) is 3.91. The first kappa shape index (κ1) is 12.2.